The fraction of sp³-hybridized carbons (Fsp3) is 0.308. The van der Waals surface area contributed by atoms with Crippen molar-refractivity contribution in [3.8, 4) is 0 Å². The normalized spacial score (nSPS) is 12.2. The summed E-state index contributed by atoms with van der Waals surface area (Å²) in [4.78, 5) is 16.1. The molecule has 1 amide bonds. The molecule has 2 aromatic rings. The topological polar surface area (TPSA) is 96.7 Å². The summed E-state index contributed by atoms with van der Waals surface area (Å²) in [5.74, 6) is 0.153. The van der Waals surface area contributed by atoms with Gasteiger partial charge in [0.1, 0.15) is 0 Å². The van der Waals surface area contributed by atoms with Gasteiger partial charge in [-0.2, -0.15) is 4.98 Å². The minimum absolute atomic E-state index is 0.0923. The number of thioether (sulfide) groups is 1. The van der Waals surface area contributed by atoms with E-state index in [1.165, 1.54) is 17.3 Å². The SMILES string of the molecule is Cc1ccc(NC(=O)[C@H](C)Sc2n[nH]c(N)n2)c(C)c1. The summed E-state index contributed by atoms with van der Waals surface area (Å²) in [6, 6.07) is 5.91. The highest BCUT2D eigenvalue weighted by Crippen LogP contribution is 2.22. The van der Waals surface area contributed by atoms with Crippen LogP contribution in [0, 0.1) is 13.8 Å². The highest BCUT2D eigenvalue weighted by molar-refractivity contribution is 8.00. The molecule has 0 saturated heterocycles. The van der Waals surface area contributed by atoms with Crippen LogP contribution in [0.25, 0.3) is 0 Å². The number of nitrogens with zero attached hydrogens (tertiary/aromatic N) is 2. The molecular weight excluding hydrogens is 274 g/mol. The minimum atomic E-state index is -0.314. The molecule has 7 heteroatoms. The van der Waals surface area contributed by atoms with E-state index in [0.29, 0.717) is 5.16 Å². The summed E-state index contributed by atoms with van der Waals surface area (Å²) in [6.45, 7) is 5.79. The van der Waals surface area contributed by atoms with Crippen LogP contribution in [0.4, 0.5) is 11.6 Å². The smallest absolute Gasteiger partial charge is 0.237 e. The molecule has 20 heavy (non-hydrogen) atoms. The van der Waals surface area contributed by atoms with Crippen molar-refractivity contribution in [3.05, 3.63) is 29.3 Å². The van der Waals surface area contributed by atoms with Gasteiger partial charge in [-0.1, -0.05) is 29.5 Å². The van der Waals surface area contributed by atoms with Gasteiger partial charge in [-0.05, 0) is 32.4 Å². The molecule has 0 aliphatic heterocycles. The largest absolute Gasteiger partial charge is 0.368 e. The number of aromatic amines is 1. The summed E-state index contributed by atoms with van der Waals surface area (Å²) in [5, 5.41) is 9.50. The summed E-state index contributed by atoms with van der Waals surface area (Å²) in [5.41, 5.74) is 8.47. The van der Waals surface area contributed by atoms with Crippen LogP contribution in [-0.4, -0.2) is 26.3 Å². The molecule has 0 aliphatic carbocycles. The molecule has 106 valence electrons. The Kier molecular flexibility index (Phi) is 4.29. The second-order valence-electron chi connectivity index (χ2n) is 4.57. The first kappa shape index (κ1) is 14.4. The lowest BCUT2D eigenvalue weighted by molar-refractivity contribution is -0.115. The van der Waals surface area contributed by atoms with Gasteiger partial charge in [-0.3, -0.25) is 4.79 Å². The van der Waals surface area contributed by atoms with Crippen LogP contribution in [0.1, 0.15) is 18.1 Å². The number of nitrogens with two attached hydrogens (primary N) is 1. The maximum absolute atomic E-state index is 12.1. The molecule has 4 N–H and O–H groups in total. The number of anilines is 2. The Hall–Kier alpha value is -2.02. The second-order valence-corrected chi connectivity index (χ2v) is 5.88. The Morgan fingerprint density at radius 3 is 2.80 bits per heavy atom. The van der Waals surface area contributed by atoms with Crippen LogP contribution in [0.5, 0.6) is 0 Å². The molecular formula is C13H17N5OS. The molecule has 1 atom stereocenters. The van der Waals surface area contributed by atoms with Crippen molar-refractivity contribution in [2.24, 2.45) is 0 Å². The number of carbonyl (C=O) groups excluding carboxylic acids is 1. The molecule has 0 saturated carbocycles. The third-order valence-electron chi connectivity index (χ3n) is 2.77. The van der Waals surface area contributed by atoms with E-state index in [0.717, 1.165) is 11.3 Å². The highest BCUT2D eigenvalue weighted by Gasteiger charge is 2.17. The van der Waals surface area contributed by atoms with E-state index >= 15 is 0 Å². The molecule has 1 aromatic carbocycles. The lowest BCUT2D eigenvalue weighted by Crippen LogP contribution is -2.23. The van der Waals surface area contributed by atoms with Gasteiger partial charge < -0.3 is 11.1 Å². The van der Waals surface area contributed by atoms with Crippen molar-refractivity contribution in [2.75, 3.05) is 11.1 Å². The van der Waals surface area contributed by atoms with E-state index < -0.39 is 0 Å². The standard InChI is InChI=1S/C13H17N5OS/c1-7-4-5-10(8(2)6-7)15-11(19)9(3)20-13-16-12(14)17-18-13/h4-6,9H,1-3H3,(H,15,19)(H3,14,16,17,18)/t9-/m0/s1. The lowest BCUT2D eigenvalue weighted by Gasteiger charge is -2.12. The van der Waals surface area contributed by atoms with Gasteiger partial charge in [-0.15, -0.1) is 5.10 Å². The van der Waals surface area contributed by atoms with E-state index in [-0.39, 0.29) is 17.1 Å². The van der Waals surface area contributed by atoms with Crippen molar-refractivity contribution < 1.29 is 4.79 Å². The van der Waals surface area contributed by atoms with E-state index in [9.17, 15) is 4.79 Å². The molecule has 2 rings (SSSR count). The van der Waals surface area contributed by atoms with Crippen molar-refractivity contribution >= 4 is 29.3 Å². The molecule has 0 aliphatic rings. The number of aryl methyl sites for hydroxylation is 2. The van der Waals surface area contributed by atoms with Gasteiger partial charge in [0.25, 0.3) is 0 Å². The predicted octanol–water partition coefficient (Wildman–Crippen LogP) is 2.12. The zero-order valence-corrected chi connectivity index (χ0v) is 12.4. The quantitative estimate of drug-likeness (QED) is 0.750. The van der Waals surface area contributed by atoms with Crippen LogP contribution >= 0.6 is 11.8 Å². The van der Waals surface area contributed by atoms with E-state index in [4.69, 9.17) is 5.73 Å². The first-order valence-electron chi connectivity index (χ1n) is 6.18. The molecule has 0 unspecified atom stereocenters. The zero-order chi connectivity index (χ0) is 14.7. The van der Waals surface area contributed by atoms with Crippen LogP contribution < -0.4 is 11.1 Å². The third kappa shape index (κ3) is 3.51. The summed E-state index contributed by atoms with van der Waals surface area (Å²) < 4.78 is 0. The number of aromatic nitrogens is 3. The average Bonchev–Trinajstić information content (AvgIpc) is 2.78. The van der Waals surface area contributed by atoms with E-state index in [1.807, 2.05) is 32.0 Å². The zero-order valence-electron chi connectivity index (χ0n) is 11.6. The van der Waals surface area contributed by atoms with Crippen LogP contribution in [0.2, 0.25) is 0 Å². The van der Waals surface area contributed by atoms with Gasteiger partial charge in [0.2, 0.25) is 17.0 Å². The highest BCUT2D eigenvalue weighted by atomic mass is 32.2. The Labute approximate surface area is 121 Å². The van der Waals surface area contributed by atoms with Crippen molar-refractivity contribution in [2.45, 2.75) is 31.2 Å². The second kappa shape index (κ2) is 5.96. The molecule has 6 nitrogen and oxygen atoms in total. The molecule has 1 heterocycles. The van der Waals surface area contributed by atoms with Gasteiger partial charge in [0.05, 0.1) is 5.25 Å². The summed E-state index contributed by atoms with van der Waals surface area (Å²) >= 11 is 1.26. The summed E-state index contributed by atoms with van der Waals surface area (Å²) in [7, 11) is 0. The predicted molar refractivity (Wildman–Crippen MR) is 80.7 cm³/mol. The average molecular weight is 291 g/mol. The summed E-state index contributed by atoms with van der Waals surface area (Å²) in [6.07, 6.45) is 0. The third-order valence-corrected chi connectivity index (χ3v) is 3.73. The Bertz CT molecular complexity index is 625. The van der Waals surface area contributed by atoms with Crippen molar-refractivity contribution in [3.63, 3.8) is 0 Å². The Balaban J connectivity index is 2.00. The Morgan fingerprint density at radius 1 is 1.45 bits per heavy atom. The minimum Gasteiger partial charge on any atom is -0.368 e. The van der Waals surface area contributed by atoms with Crippen molar-refractivity contribution in [1.82, 2.24) is 15.2 Å². The fourth-order valence-corrected chi connectivity index (χ4v) is 2.44. The van der Waals surface area contributed by atoms with Gasteiger partial charge in [-0.25, -0.2) is 5.10 Å². The number of nitrogen functional groups attached to an aromatic ring is 1. The number of hydrogen-bond acceptors (Lipinski definition) is 5. The first-order chi connectivity index (χ1) is 9.45. The molecule has 1 aromatic heterocycles. The monoisotopic (exact) mass is 291 g/mol. The van der Waals surface area contributed by atoms with Gasteiger partial charge >= 0.3 is 0 Å². The number of rotatable bonds is 4. The number of H-pyrrole nitrogens is 1. The Morgan fingerprint density at radius 2 is 2.20 bits per heavy atom. The molecule has 0 radical (unpaired) electrons. The number of benzene rings is 1. The van der Waals surface area contributed by atoms with Gasteiger partial charge in [0.15, 0.2) is 0 Å². The van der Waals surface area contributed by atoms with Gasteiger partial charge in [0, 0.05) is 5.69 Å². The van der Waals surface area contributed by atoms with E-state index in [1.54, 1.807) is 6.92 Å². The number of carbonyl (C=O) groups is 1. The first-order valence-corrected chi connectivity index (χ1v) is 7.06. The lowest BCUT2D eigenvalue weighted by atomic mass is 10.1. The van der Waals surface area contributed by atoms with Crippen molar-refractivity contribution in [1.29, 1.82) is 0 Å². The number of nitrogens with one attached hydrogen (secondary N) is 2. The maximum Gasteiger partial charge on any atom is 0.237 e. The van der Waals surface area contributed by atoms with Crippen LogP contribution in [0.15, 0.2) is 23.4 Å². The van der Waals surface area contributed by atoms with Crippen LogP contribution in [0.3, 0.4) is 0 Å². The molecule has 0 bridgehead atoms. The fourth-order valence-electron chi connectivity index (χ4n) is 1.71. The van der Waals surface area contributed by atoms with E-state index in [2.05, 4.69) is 20.5 Å². The maximum atomic E-state index is 12.1. The molecule has 0 spiro atoms. The van der Waals surface area contributed by atoms with Crippen LogP contribution in [-0.2, 0) is 4.79 Å². The number of hydrogen-bond donors (Lipinski definition) is 3. The molecule has 0 fully saturated rings. The number of amides is 1.